The average Bonchev–Trinajstić information content (AvgIpc) is 2.61. The highest BCUT2D eigenvalue weighted by molar-refractivity contribution is 7.16. The first-order valence-corrected chi connectivity index (χ1v) is 5.83. The Morgan fingerprint density at radius 1 is 1.40 bits per heavy atom. The van der Waals surface area contributed by atoms with Crippen LogP contribution in [0.1, 0.15) is 24.3 Å². The third-order valence-corrected chi connectivity index (χ3v) is 3.80. The van der Waals surface area contributed by atoms with Crippen LogP contribution in [0, 0.1) is 5.82 Å². The van der Waals surface area contributed by atoms with Crippen molar-refractivity contribution >= 4 is 21.6 Å². The van der Waals surface area contributed by atoms with E-state index in [0.29, 0.717) is 18.4 Å². The van der Waals surface area contributed by atoms with Crippen LogP contribution >= 0.6 is 11.3 Å². The van der Waals surface area contributed by atoms with Gasteiger partial charge in [0.15, 0.2) is 0 Å². The van der Waals surface area contributed by atoms with Gasteiger partial charge in [-0.1, -0.05) is 0 Å². The molecule has 0 atom stereocenters. The van der Waals surface area contributed by atoms with Gasteiger partial charge < -0.3 is 5.11 Å². The number of hydrogen-bond acceptors (Lipinski definition) is 3. The van der Waals surface area contributed by atoms with Crippen molar-refractivity contribution in [2.45, 2.75) is 24.9 Å². The van der Waals surface area contributed by atoms with Crippen molar-refractivity contribution in [1.82, 2.24) is 4.98 Å². The fourth-order valence-electron chi connectivity index (χ4n) is 2.14. The lowest BCUT2D eigenvalue weighted by atomic mass is 9.77. The number of nitrogens with zero attached hydrogens (tertiary/aromatic N) is 1. The molecule has 0 saturated heterocycles. The lowest BCUT2D eigenvalue weighted by Crippen LogP contribution is -2.27. The lowest BCUT2D eigenvalue weighted by Gasteiger charge is -2.31. The van der Waals surface area contributed by atoms with Crippen molar-refractivity contribution in [3.05, 3.63) is 29.0 Å². The van der Waals surface area contributed by atoms with Crippen LogP contribution in [0.4, 0.5) is 4.39 Å². The van der Waals surface area contributed by atoms with E-state index < -0.39 is 0 Å². The number of fused-ring (bicyclic) bond motifs is 1. The van der Waals surface area contributed by atoms with E-state index in [2.05, 4.69) is 4.98 Å². The van der Waals surface area contributed by atoms with E-state index >= 15 is 0 Å². The molecular weight excluding hydrogens is 213 g/mol. The van der Waals surface area contributed by atoms with E-state index in [-0.39, 0.29) is 17.8 Å². The van der Waals surface area contributed by atoms with Gasteiger partial charge >= 0.3 is 0 Å². The maximum Gasteiger partial charge on any atom is 0.128 e. The van der Waals surface area contributed by atoms with Crippen LogP contribution in [0.25, 0.3) is 10.2 Å². The average molecular weight is 223 g/mol. The van der Waals surface area contributed by atoms with Crippen LogP contribution in [0.2, 0.25) is 0 Å². The summed E-state index contributed by atoms with van der Waals surface area (Å²) in [6.45, 7) is 0. The molecule has 0 unspecified atom stereocenters. The first kappa shape index (κ1) is 9.24. The molecule has 0 spiro atoms. The van der Waals surface area contributed by atoms with E-state index in [1.165, 1.54) is 17.4 Å². The summed E-state index contributed by atoms with van der Waals surface area (Å²) in [5.74, 6) is -0.0453. The fraction of sp³-hybridized carbons (Fsp3) is 0.364. The molecule has 0 radical (unpaired) electrons. The van der Waals surface area contributed by atoms with E-state index in [9.17, 15) is 9.50 Å². The Morgan fingerprint density at radius 2 is 2.20 bits per heavy atom. The number of aromatic nitrogens is 1. The molecule has 78 valence electrons. The van der Waals surface area contributed by atoms with Gasteiger partial charge in [0.05, 0.1) is 21.8 Å². The molecule has 2 nitrogen and oxygen atoms in total. The van der Waals surface area contributed by atoms with Crippen LogP contribution in [-0.2, 0) is 0 Å². The first-order valence-electron chi connectivity index (χ1n) is 4.95. The molecule has 2 aromatic rings. The first-order chi connectivity index (χ1) is 7.25. The second-order valence-electron chi connectivity index (χ2n) is 3.98. The van der Waals surface area contributed by atoms with E-state index in [4.69, 9.17) is 0 Å². The Morgan fingerprint density at radius 3 is 2.93 bits per heavy atom. The summed E-state index contributed by atoms with van der Waals surface area (Å²) in [5.41, 5.74) is 3.21. The quantitative estimate of drug-likeness (QED) is 0.806. The molecule has 1 N–H and O–H groups in total. The molecule has 1 aliphatic rings. The molecule has 4 heteroatoms. The molecule has 0 amide bonds. The topological polar surface area (TPSA) is 33.1 Å². The van der Waals surface area contributed by atoms with Crippen molar-refractivity contribution in [3.8, 4) is 0 Å². The number of aliphatic hydroxyl groups excluding tert-OH is 1. The maximum absolute atomic E-state index is 13.7. The minimum absolute atomic E-state index is 0.144. The third-order valence-electron chi connectivity index (χ3n) is 3.01. The Labute approximate surface area is 90.4 Å². The van der Waals surface area contributed by atoms with Gasteiger partial charge in [0, 0.05) is 5.56 Å². The van der Waals surface area contributed by atoms with Crippen molar-refractivity contribution in [2.24, 2.45) is 0 Å². The van der Waals surface area contributed by atoms with Crippen LogP contribution in [-0.4, -0.2) is 16.2 Å². The smallest absolute Gasteiger partial charge is 0.128 e. The summed E-state index contributed by atoms with van der Waals surface area (Å²) < 4.78 is 14.7. The van der Waals surface area contributed by atoms with Crippen molar-refractivity contribution in [1.29, 1.82) is 0 Å². The molecule has 1 aromatic carbocycles. The molecule has 1 heterocycles. The van der Waals surface area contributed by atoms with E-state index in [0.717, 1.165) is 10.2 Å². The molecule has 3 rings (SSSR count). The SMILES string of the molecule is OC1CC(c2c(F)ccc3scnc23)C1. The van der Waals surface area contributed by atoms with Gasteiger partial charge in [-0.2, -0.15) is 0 Å². The zero-order valence-electron chi connectivity index (χ0n) is 7.98. The van der Waals surface area contributed by atoms with Gasteiger partial charge in [-0.25, -0.2) is 9.37 Å². The second-order valence-corrected chi connectivity index (χ2v) is 4.87. The summed E-state index contributed by atoms with van der Waals surface area (Å²) in [6, 6.07) is 3.27. The number of aliphatic hydroxyl groups is 1. The molecule has 1 saturated carbocycles. The molecule has 1 aliphatic carbocycles. The number of rotatable bonds is 1. The Balaban J connectivity index is 2.14. The third kappa shape index (κ3) is 1.36. The minimum atomic E-state index is -0.261. The summed E-state index contributed by atoms with van der Waals surface area (Å²) in [7, 11) is 0. The number of halogens is 1. The van der Waals surface area contributed by atoms with Crippen molar-refractivity contribution < 1.29 is 9.50 Å². The monoisotopic (exact) mass is 223 g/mol. The number of hydrogen-bond donors (Lipinski definition) is 1. The van der Waals surface area contributed by atoms with Gasteiger partial charge in [-0.3, -0.25) is 0 Å². The fourth-order valence-corrected chi connectivity index (χ4v) is 2.83. The van der Waals surface area contributed by atoms with Crippen LogP contribution in [0.3, 0.4) is 0 Å². The van der Waals surface area contributed by atoms with Crippen LogP contribution < -0.4 is 0 Å². The normalized spacial score (nSPS) is 25.5. The van der Waals surface area contributed by atoms with Gasteiger partial charge in [-0.15, -0.1) is 11.3 Å². The van der Waals surface area contributed by atoms with Gasteiger partial charge in [-0.05, 0) is 30.9 Å². The summed E-state index contributed by atoms with van der Waals surface area (Å²) >= 11 is 1.52. The zero-order valence-corrected chi connectivity index (χ0v) is 8.80. The lowest BCUT2D eigenvalue weighted by molar-refractivity contribution is 0.0739. The highest BCUT2D eigenvalue weighted by Gasteiger charge is 2.32. The standard InChI is InChI=1S/C11H10FNOS/c12-8-1-2-9-11(13-5-15-9)10(8)6-3-7(14)4-6/h1-2,5-7,14H,3-4H2. The predicted octanol–water partition coefficient (Wildman–Crippen LogP) is 2.67. The minimum Gasteiger partial charge on any atom is -0.393 e. The highest BCUT2D eigenvalue weighted by atomic mass is 32.1. The Kier molecular flexibility index (Phi) is 2.00. The predicted molar refractivity (Wildman–Crippen MR) is 57.6 cm³/mol. The van der Waals surface area contributed by atoms with E-state index in [1.54, 1.807) is 11.6 Å². The summed E-state index contributed by atoms with van der Waals surface area (Å²) in [5, 5.41) is 9.25. The van der Waals surface area contributed by atoms with E-state index in [1.807, 2.05) is 0 Å². The number of benzene rings is 1. The second kappa shape index (κ2) is 3.25. The van der Waals surface area contributed by atoms with Crippen LogP contribution in [0.15, 0.2) is 17.6 Å². The largest absolute Gasteiger partial charge is 0.393 e. The Bertz CT molecular complexity index is 504. The van der Waals surface area contributed by atoms with Gasteiger partial charge in [0.1, 0.15) is 5.82 Å². The van der Waals surface area contributed by atoms with Crippen LogP contribution in [0.5, 0.6) is 0 Å². The molecular formula is C11H10FNOS. The number of thiazole rings is 1. The molecule has 15 heavy (non-hydrogen) atoms. The van der Waals surface area contributed by atoms with Gasteiger partial charge in [0.2, 0.25) is 0 Å². The highest BCUT2D eigenvalue weighted by Crippen LogP contribution is 2.41. The molecule has 0 bridgehead atoms. The zero-order chi connectivity index (χ0) is 10.4. The summed E-state index contributed by atoms with van der Waals surface area (Å²) in [4.78, 5) is 4.20. The maximum atomic E-state index is 13.7. The van der Waals surface area contributed by atoms with Crippen molar-refractivity contribution in [2.75, 3.05) is 0 Å². The van der Waals surface area contributed by atoms with Gasteiger partial charge in [0.25, 0.3) is 0 Å². The van der Waals surface area contributed by atoms with Crippen molar-refractivity contribution in [3.63, 3.8) is 0 Å². The molecule has 1 aromatic heterocycles. The molecule has 1 fully saturated rings. The Hall–Kier alpha value is -1.00. The molecule has 0 aliphatic heterocycles. The summed E-state index contributed by atoms with van der Waals surface area (Å²) in [6.07, 6.45) is 1.06.